The fourth-order valence-electron chi connectivity index (χ4n) is 18.7. The number of fused-ring (bicyclic) bond motifs is 6. The molecule has 4 amide bonds. The third-order valence-electron chi connectivity index (χ3n) is 26.6. The van der Waals surface area contributed by atoms with E-state index in [9.17, 15) is 43.5 Å². The first-order valence-electron chi connectivity index (χ1n) is 45.6. The number of aliphatic hydroxyl groups excluding tert-OH is 1. The summed E-state index contributed by atoms with van der Waals surface area (Å²) in [6, 6.07) is 9.26. The van der Waals surface area contributed by atoms with E-state index >= 15 is 0 Å². The average molecular weight is 1760 g/mol. The molecule has 6 aliphatic heterocycles. The van der Waals surface area contributed by atoms with Crippen LogP contribution in [0, 0.1) is 29.6 Å². The van der Waals surface area contributed by atoms with Gasteiger partial charge < -0.3 is 74.1 Å². The highest BCUT2D eigenvalue weighted by molar-refractivity contribution is 6.38. The molecule has 14 rings (SSSR count). The monoisotopic (exact) mass is 1760 g/mol. The second kappa shape index (κ2) is 43.8. The topological polar surface area (TPSA) is 394 Å². The van der Waals surface area contributed by atoms with Gasteiger partial charge in [-0.1, -0.05) is 82.4 Å². The number of nitrogen functional groups attached to an aromatic ring is 1. The van der Waals surface area contributed by atoms with Gasteiger partial charge in [0.1, 0.15) is 59.4 Å². The van der Waals surface area contributed by atoms with Gasteiger partial charge in [0, 0.05) is 184 Å². The number of nitrogens with zero attached hydrogens (tertiary/aromatic N) is 15. The van der Waals surface area contributed by atoms with Crippen molar-refractivity contribution in [2.24, 2.45) is 29.6 Å². The number of carbonyl (C=O) groups excluding carboxylic acids is 8. The summed E-state index contributed by atoms with van der Waals surface area (Å²) >= 11 is 0. The number of ether oxygens (including phenoxy) is 6. The summed E-state index contributed by atoms with van der Waals surface area (Å²) < 4.78 is 38.5. The highest BCUT2D eigenvalue weighted by atomic mass is 16.6. The number of hydrogen-bond acceptors (Lipinski definition) is 27. The van der Waals surface area contributed by atoms with E-state index < -0.39 is 66.2 Å². The van der Waals surface area contributed by atoms with Crippen LogP contribution < -0.4 is 20.9 Å². The molecule has 0 radical (unpaired) electrons. The number of esters is 1. The zero-order valence-electron chi connectivity index (χ0n) is 75.0. The highest BCUT2D eigenvalue weighted by Gasteiger charge is 2.45. The average Bonchev–Trinajstić information content (AvgIpc) is 1.63. The second-order valence-corrected chi connectivity index (χ2v) is 35.7. The molecule has 128 heavy (non-hydrogen) atoms. The van der Waals surface area contributed by atoms with E-state index in [0.29, 0.717) is 194 Å². The fraction of sp³-hybridized carbons (Fsp3) is 0.558. The molecule has 33 heteroatoms. The Kier molecular flexibility index (Phi) is 31.8. The number of benzene rings is 1. The first kappa shape index (κ1) is 93.1. The number of H-pyrrole nitrogens is 1. The van der Waals surface area contributed by atoms with Crippen LogP contribution in [0.5, 0.6) is 0 Å². The number of piperazine rings is 2. The maximum Gasteiger partial charge on any atom is 0.407 e. The summed E-state index contributed by atoms with van der Waals surface area (Å²) in [6.45, 7) is 19.6. The number of allylic oxidation sites excluding steroid dienone is 6. The lowest BCUT2D eigenvalue weighted by Crippen LogP contribution is -2.55. The molecule has 684 valence electrons. The van der Waals surface area contributed by atoms with E-state index in [1.807, 2.05) is 95.8 Å². The number of cyclic esters (lactones) is 1. The molecule has 5 N–H and O–H groups in total. The van der Waals surface area contributed by atoms with Crippen LogP contribution in [-0.2, 0) is 83.2 Å². The van der Waals surface area contributed by atoms with Gasteiger partial charge in [-0.15, -0.1) is 0 Å². The van der Waals surface area contributed by atoms with Crippen molar-refractivity contribution in [3.05, 3.63) is 149 Å². The molecule has 7 aromatic rings. The Morgan fingerprint density at radius 1 is 0.703 bits per heavy atom. The molecule has 33 nitrogen and oxygen atoms in total. The van der Waals surface area contributed by atoms with E-state index in [-0.39, 0.29) is 104 Å². The Labute approximate surface area is 747 Å². The molecule has 12 heterocycles. The fourth-order valence-corrected chi connectivity index (χ4v) is 18.7. The van der Waals surface area contributed by atoms with Crippen LogP contribution >= 0.6 is 0 Å². The maximum atomic E-state index is 14.6. The van der Waals surface area contributed by atoms with Crippen molar-refractivity contribution in [3.63, 3.8) is 0 Å². The molecule has 6 aromatic heterocycles. The Balaban J connectivity index is 0.486. The summed E-state index contributed by atoms with van der Waals surface area (Å²) in [5.41, 5.74) is 15.2. The largest absolute Gasteiger partial charge is 0.460 e. The zero-order chi connectivity index (χ0) is 90.1. The van der Waals surface area contributed by atoms with Crippen LogP contribution in [0.3, 0.4) is 0 Å². The lowest BCUT2D eigenvalue weighted by Gasteiger charge is -2.38. The Bertz CT molecular complexity index is 5170. The highest BCUT2D eigenvalue weighted by Crippen LogP contribution is 2.37. The molecule has 2 bridgehead atoms. The number of Topliss-reactive ketones (excluding diaryl/α,β-unsaturated/α-hetero) is 3. The quantitative estimate of drug-likeness (QED) is 0.0238. The van der Waals surface area contributed by atoms with Crippen molar-refractivity contribution in [3.8, 4) is 11.3 Å². The zero-order valence-corrected chi connectivity index (χ0v) is 75.0. The molecule has 1 saturated carbocycles. The first-order valence-corrected chi connectivity index (χ1v) is 45.6. The van der Waals surface area contributed by atoms with Gasteiger partial charge in [-0.25, -0.2) is 49.2 Å². The number of hydrogen-bond donors (Lipinski definition) is 4. The number of nitrogens with one attached hydrogen (secondary N) is 2. The lowest BCUT2D eigenvalue weighted by atomic mass is 9.81. The maximum absolute atomic E-state index is 14.6. The minimum Gasteiger partial charge on any atom is -0.460 e. The van der Waals surface area contributed by atoms with Crippen LogP contribution in [-0.4, -0.2) is 270 Å². The van der Waals surface area contributed by atoms with E-state index in [0.717, 1.165) is 52.9 Å². The van der Waals surface area contributed by atoms with E-state index in [2.05, 4.69) is 73.2 Å². The molecule has 5 fully saturated rings. The van der Waals surface area contributed by atoms with Crippen molar-refractivity contribution in [1.82, 2.24) is 74.6 Å². The number of ketones is 3. The molecular weight excluding hydrogens is 1630 g/mol. The molecule has 1 aliphatic carbocycles. The van der Waals surface area contributed by atoms with Gasteiger partial charge in [0.25, 0.3) is 11.8 Å². The van der Waals surface area contributed by atoms with Gasteiger partial charge >= 0.3 is 12.1 Å². The van der Waals surface area contributed by atoms with Gasteiger partial charge in [0.05, 0.1) is 61.5 Å². The van der Waals surface area contributed by atoms with E-state index in [4.69, 9.17) is 39.3 Å². The summed E-state index contributed by atoms with van der Waals surface area (Å²) in [4.78, 5) is 158. The van der Waals surface area contributed by atoms with Gasteiger partial charge in [-0.2, -0.15) is 5.10 Å². The molecule has 2 unspecified atom stereocenters. The van der Waals surface area contributed by atoms with Crippen molar-refractivity contribution in [2.75, 3.05) is 115 Å². The molecule has 13 atom stereocenters. The number of pyridine rings is 1. The van der Waals surface area contributed by atoms with Gasteiger partial charge in [-0.3, -0.25) is 33.7 Å². The van der Waals surface area contributed by atoms with Crippen molar-refractivity contribution in [2.45, 2.75) is 213 Å². The van der Waals surface area contributed by atoms with Crippen LogP contribution in [0.15, 0.2) is 121 Å². The van der Waals surface area contributed by atoms with Crippen LogP contribution in [0.1, 0.15) is 170 Å². The number of aromatic nitrogens is 10. The Morgan fingerprint density at radius 3 is 2.23 bits per heavy atom. The number of aromatic amines is 1. The summed E-state index contributed by atoms with van der Waals surface area (Å²) in [5.74, 6) is -2.37. The molecular formula is C95H124N18O15. The number of carbonyl (C=O) groups is 8. The number of nitrogens with two attached hydrogens (primary N) is 1. The molecule has 1 aromatic carbocycles. The summed E-state index contributed by atoms with van der Waals surface area (Å²) in [7, 11) is 3.21. The van der Waals surface area contributed by atoms with Crippen molar-refractivity contribution in [1.29, 1.82) is 0 Å². The van der Waals surface area contributed by atoms with Crippen LogP contribution in [0.4, 0.5) is 22.5 Å². The number of anilines is 3. The van der Waals surface area contributed by atoms with Gasteiger partial charge in [0.15, 0.2) is 5.65 Å². The molecule has 0 spiro atoms. The minimum atomic E-state index is -1.11. The predicted molar refractivity (Wildman–Crippen MR) is 480 cm³/mol. The summed E-state index contributed by atoms with van der Waals surface area (Å²) in [6.07, 6.45) is 24.7. The van der Waals surface area contributed by atoms with E-state index in [1.165, 1.54) is 16.8 Å². The smallest absolute Gasteiger partial charge is 0.407 e. The lowest BCUT2D eigenvalue weighted by molar-refractivity contribution is -0.169. The second-order valence-electron chi connectivity index (χ2n) is 35.7. The van der Waals surface area contributed by atoms with Gasteiger partial charge in [0.2, 0.25) is 23.6 Å². The first-order chi connectivity index (χ1) is 61.9. The summed E-state index contributed by atoms with van der Waals surface area (Å²) in [5, 5.41) is 20.8. The third kappa shape index (κ3) is 23.7. The molecule has 7 aliphatic rings. The molecule has 4 saturated heterocycles. The Morgan fingerprint density at radius 2 is 1.47 bits per heavy atom. The van der Waals surface area contributed by atoms with Gasteiger partial charge in [-0.05, 0) is 149 Å². The number of alkyl carbamates (subject to hydrolysis) is 1. The van der Waals surface area contributed by atoms with Crippen molar-refractivity contribution >= 4 is 86.9 Å². The number of aliphatic hydroxyl groups is 1. The number of rotatable bonds is 20. The number of amides is 4. The predicted octanol–water partition coefficient (Wildman–Crippen LogP) is 9.89. The number of piperidine rings is 1. The minimum absolute atomic E-state index is 0.0231. The van der Waals surface area contributed by atoms with Crippen LogP contribution in [0.2, 0.25) is 0 Å². The Hall–Kier alpha value is -11.1. The third-order valence-corrected chi connectivity index (χ3v) is 26.6. The normalized spacial score (nSPS) is 26.3. The van der Waals surface area contributed by atoms with Crippen LogP contribution in [0.25, 0.3) is 33.3 Å². The standard InChI is InChI=1S/C95H124N18O15/c1-59-14-10-9-11-15-60(2)80(123-7)48-74-22-17-61(3)86(126-74)85(118)91(120)112-29-13-12-16-75(112)92(121)127-73(47-76(114)63(5)43-64(6)78(116)49-77(115)62(4)42-59)23-19-65-20-24-79(81(45-65)124-8)128-95(122)103-52-67-50-99-93(100-51-67)110-37-35-108(36-38-110)82(117)27-40-125-41-39-107-31-33-109(34-32-107)94-101-54-72(55-102-94)90(119)111-30-26-68-44-66(18-21-70(68)57-111)56-113-89-83(87(96)104-58-105-89)84(106-113)71-46-69-25-28-97-88(69)98-53-71/h9-11,14-15,18,21,25,28,43-44,46,50-51,53-55,58-59,61-63,65,73-75,78-81,86,116H,12-13,16-17,19-20,22-24,26-27,29-42,45,47-49,52,56-57H2,1-8H3,(H,97,98)(H,103,122)(H2,96,104,105)/b11-9?,14-10+,60-15?,64-43+/t59-,61-,62-,63-,65-,73-,74?,75+,78+,79-,80+,81-,86?/m1/s1. The SMILES string of the molecule is CO[C@H]1CC2CC[C@@H](C)C(O2)C(=O)C(=O)N2CCCC[C@H]2C(=O)O[C@H](CC[C@@H]2CC[C@@H](OC(=O)NCc3cnc(N4CCN(C(=O)CCOCCN5CCN(c6ncc(C(=O)N7CCc8cc(Cn9nc(-c%10cnc%11[nH]ccc%11c%10)c%10c(N)ncnc%109)ccc8C7)cn6)CC5)CC4)nc3)[C@H](OC)C2)CC(=O)[C@H](C)/C=C(\C)[C@@H](O)CC(=O)[C@H](C)C[C@H](C)/C=C/C=CC=C1C. The van der Waals surface area contributed by atoms with Crippen molar-refractivity contribution < 1.29 is 71.9 Å². The number of methoxy groups -OCH3 is 2. The van der Waals surface area contributed by atoms with E-state index in [1.54, 1.807) is 65.1 Å².